The van der Waals surface area contributed by atoms with Crippen LogP contribution in [0.15, 0.2) is 54.6 Å². The Bertz CT molecular complexity index is 1560. The van der Waals surface area contributed by atoms with E-state index >= 15 is 0 Å². The first kappa shape index (κ1) is 29.1. The zero-order chi connectivity index (χ0) is 31.1. The summed E-state index contributed by atoms with van der Waals surface area (Å²) in [5.41, 5.74) is 3.51. The normalized spacial score (nSPS) is 23.5. The number of esters is 2. The Balaban J connectivity index is 1.19. The summed E-state index contributed by atoms with van der Waals surface area (Å²) in [6.45, 7) is 3.48. The van der Waals surface area contributed by atoms with Crippen molar-refractivity contribution in [3.63, 3.8) is 0 Å². The monoisotopic (exact) mass is 616 g/mol. The molecule has 7 rings (SSSR count). The van der Waals surface area contributed by atoms with Gasteiger partial charge in [-0.25, -0.2) is 0 Å². The van der Waals surface area contributed by atoms with Crippen LogP contribution in [0, 0.1) is 11.8 Å². The summed E-state index contributed by atoms with van der Waals surface area (Å²) in [5.74, 6) is 0.353. The number of anilines is 1. The standard InChI is InChI=1S/C34H36N2O9/c1-39-27-13-20(14-28(40-2)33(27)41-3)30-22-15-25-26(44-19-43-25)16-23(22)32(24-18-42-34(38)31(24)30)45-29(37)17-35-9-11-36(12-10-35)21-7-5-4-6-8-21/h4-8,13-16,24,30-32H,9-12,17-19H2,1-3H3/t24-,30+,31-,32-/m0/s1. The van der Waals surface area contributed by atoms with E-state index < -0.39 is 23.9 Å². The number of fused-ring (bicyclic) bond motifs is 3. The third-order valence-electron chi connectivity index (χ3n) is 9.27. The predicted octanol–water partition coefficient (Wildman–Crippen LogP) is 3.78. The fourth-order valence-electron chi connectivity index (χ4n) is 7.11. The molecule has 3 aromatic rings. The smallest absolute Gasteiger partial charge is 0.320 e. The Kier molecular flexibility index (Phi) is 7.78. The van der Waals surface area contributed by atoms with Crippen LogP contribution in [0.4, 0.5) is 5.69 Å². The quantitative estimate of drug-likeness (QED) is 0.346. The average molecular weight is 617 g/mol. The minimum Gasteiger partial charge on any atom is -0.493 e. The number of hydrogen-bond donors (Lipinski definition) is 0. The molecule has 0 aromatic heterocycles. The molecule has 0 spiro atoms. The molecule has 3 aliphatic heterocycles. The number of para-hydroxylation sites is 1. The van der Waals surface area contributed by atoms with Gasteiger partial charge >= 0.3 is 11.9 Å². The Morgan fingerprint density at radius 2 is 1.51 bits per heavy atom. The molecule has 0 N–H and O–H groups in total. The van der Waals surface area contributed by atoms with Gasteiger partial charge in [-0.2, -0.15) is 0 Å². The van der Waals surface area contributed by atoms with E-state index in [1.807, 2.05) is 42.5 Å². The van der Waals surface area contributed by atoms with E-state index in [-0.39, 0.29) is 31.9 Å². The van der Waals surface area contributed by atoms with Crippen LogP contribution >= 0.6 is 0 Å². The lowest BCUT2D eigenvalue weighted by Gasteiger charge is -2.39. The molecule has 0 amide bonds. The van der Waals surface area contributed by atoms with Crippen LogP contribution in [0.3, 0.4) is 0 Å². The van der Waals surface area contributed by atoms with Gasteiger partial charge in [0.05, 0.1) is 40.4 Å². The summed E-state index contributed by atoms with van der Waals surface area (Å²) in [4.78, 5) is 31.4. The zero-order valence-electron chi connectivity index (χ0n) is 25.5. The Hall–Kier alpha value is -4.64. The molecular weight excluding hydrogens is 580 g/mol. The topological polar surface area (TPSA) is 105 Å². The van der Waals surface area contributed by atoms with Crippen LogP contribution < -0.4 is 28.6 Å². The second kappa shape index (κ2) is 12.0. The molecule has 11 nitrogen and oxygen atoms in total. The molecule has 0 bridgehead atoms. The van der Waals surface area contributed by atoms with Gasteiger partial charge < -0.3 is 38.1 Å². The van der Waals surface area contributed by atoms with Crippen LogP contribution in [0.25, 0.3) is 0 Å². The van der Waals surface area contributed by atoms with Crippen molar-refractivity contribution < 1.29 is 42.7 Å². The third kappa shape index (κ3) is 5.24. The number of cyclic esters (lactones) is 1. The highest BCUT2D eigenvalue weighted by Gasteiger charge is 2.54. The Morgan fingerprint density at radius 1 is 0.844 bits per heavy atom. The summed E-state index contributed by atoms with van der Waals surface area (Å²) >= 11 is 0. The van der Waals surface area contributed by atoms with Gasteiger partial charge in [0, 0.05) is 49.3 Å². The molecule has 0 saturated carbocycles. The number of benzene rings is 3. The number of carbonyl (C=O) groups excluding carboxylic acids is 2. The van der Waals surface area contributed by atoms with Gasteiger partial charge in [0.25, 0.3) is 0 Å². The average Bonchev–Trinajstić information content (AvgIpc) is 3.70. The maximum absolute atomic E-state index is 13.5. The first-order chi connectivity index (χ1) is 22.0. The number of hydrogen-bond acceptors (Lipinski definition) is 11. The summed E-state index contributed by atoms with van der Waals surface area (Å²) in [6.07, 6.45) is -0.706. The highest BCUT2D eigenvalue weighted by atomic mass is 16.7. The lowest BCUT2D eigenvalue weighted by atomic mass is 9.66. The molecule has 45 heavy (non-hydrogen) atoms. The Labute approximate surface area is 261 Å². The van der Waals surface area contributed by atoms with Crippen molar-refractivity contribution in [2.24, 2.45) is 11.8 Å². The molecule has 4 atom stereocenters. The van der Waals surface area contributed by atoms with E-state index in [4.69, 9.17) is 33.2 Å². The summed E-state index contributed by atoms with van der Waals surface area (Å²) in [6, 6.07) is 17.7. The largest absolute Gasteiger partial charge is 0.493 e. The molecule has 3 heterocycles. The van der Waals surface area contributed by atoms with E-state index in [1.165, 1.54) is 5.69 Å². The molecule has 0 unspecified atom stereocenters. The van der Waals surface area contributed by atoms with Crippen LogP contribution in [0.1, 0.15) is 28.7 Å². The number of rotatable bonds is 8. The van der Waals surface area contributed by atoms with Crippen LogP contribution in [0.5, 0.6) is 28.7 Å². The fraction of sp³-hybridized carbons (Fsp3) is 0.412. The summed E-state index contributed by atoms with van der Waals surface area (Å²) in [7, 11) is 4.65. The second-order valence-electron chi connectivity index (χ2n) is 11.6. The van der Waals surface area contributed by atoms with E-state index in [0.717, 1.165) is 42.9 Å². The summed E-state index contributed by atoms with van der Waals surface area (Å²) < 4.78 is 40.2. The van der Waals surface area contributed by atoms with Crippen molar-refractivity contribution >= 4 is 17.6 Å². The van der Waals surface area contributed by atoms with E-state index in [1.54, 1.807) is 21.3 Å². The number of carbonyl (C=O) groups is 2. The van der Waals surface area contributed by atoms with Gasteiger partial charge in [-0.1, -0.05) is 18.2 Å². The van der Waals surface area contributed by atoms with Crippen molar-refractivity contribution in [1.82, 2.24) is 4.90 Å². The van der Waals surface area contributed by atoms with Crippen LogP contribution in [-0.4, -0.2) is 84.3 Å². The number of nitrogens with zero attached hydrogens (tertiary/aromatic N) is 2. The first-order valence-corrected chi connectivity index (χ1v) is 15.1. The lowest BCUT2D eigenvalue weighted by molar-refractivity contribution is -0.156. The molecule has 2 fully saturated rings. The minimum atomic E-state index is -0.706. The molecule has 4 aliphatic rings. The lowest BCUT2D eigenvalue weighted by Crippen LogP contribution is -2.48. The van der Waals surface area contributed by atoms with Crippen molar-refractivity contribution in [2.45, 2.75) is 12.0 Å². The molecule has 11 heteroatoms. The van der Waals surface area contributed by atoms with Crippen LogP contribution in [0.2, 0.25) is 0 Å². The predicted molar refractivity (Wildman–Crippen MR) is 162 cm³/mol. The van der Waals surface area contributed by atoms with Gasteiger partial charge in [-0.15, -0.1) is 0 Å². The van der Waals surface area contributed by atoms with Gasteiger partial charge in [0.15, 0.2) is 23.0 Å². The highest BCUT2D eigenvalue weighted by molar-refractivity contribution is 5.79. The molecule has 0 radical (unpaired) electrons. The fourth-order valence-corrected chi connectivity index (χ4v) is 7.11. The van der Waals surface area contributed by atoms with Crippen molar-refractivity contribution in [2.75, 3.05) is 72.4 Å². The SMILES string of the molecule is COc1cc([C@@H]2c3cc4c(cc3[C@H](OC(=O)CN3CCN(c5ccccc5)CC3)[C@H]3COC(=O)[C@H]23)OCO4)cc(OC)c1OC. The van der Waals surface area contributed by atoms with E-state index in [9.17, 15) is 9.59 Å². The van der Waals surface area contributed by atoms with Gasteiger partial charge in [0.2, 0.25) is 12.5 Å². The number of piperazine rings is 1. The minimum absolute atomic E-state index is 0.0847. The first-order valence-electron chi connectivity index (χ1n) is 15.1. The summed E-state index contributed by atoms with van der Waals surface area (Å²) in [5, 5.41) is 0. The third-order valence-corrected chi connectivity index (χ3v) is 9.27. The molecule has 2 saturated heterocycles. The zero-order valence-corrected chi connectivity index (χ0v) is 25.5. The maximum Gasteiger partial charge on any atom is 0.320 e. The second-order valence-corrected chi connectivity index (χ2v) is 11.6. The Morgan fingerprint density at radius 3 is 2.16 bits per heavy atom. The van der Waals surface area contributed by atoms with Gasteiger partial charge in [0.1, 0.15) is 6.10 Å². The van der Waals surface area contributed by atoms with E-state index in [2.05, 4.69) is 21.9 Å². The van der Waals surface area contributed by atoms with Gasteiger partial charge in [-0.05, 0) is 47.5 Å². The van der Waals surface area contributed by atoms with Crippen molar-refractivity contribution in [3.8, 4) is 28.7 Å². The maximum atomic E-state index is 13.5. The molecular formula is C34H36N2O9. The number of ether oxygens (including phenoxy) is 7. The molecule has 236 valence electrons. The molecule has 1 aliphatic carbocycles. The highest BCUT2D eigenvalue weighted by Crippen LogP contribution is 2.56. The molecule has 3 aromatic carbocycles. The van der Waals surface area contributed by atoms with Crippen LogP contribution in [-0.2, 0) is 19.1 Å². The number of methoxy groups -OCH3 is 3. The van der Waals surface area contributed by atoms with E-state index in [0.29, 0.717) is 28.7 Å². The van der Waals surface area contributed by atoms with Crippen molar-refractivity contribution in [1.29, 1.82) is 0 Å². The van der Waals surface area contributed by atoms with Crippen molar-refractivity contribution in [3.05, 3.63) is 71.3 Å². The van der Waals surface area contributed by atoms with Gasteiger partial charge in [-0.3, -0.25) is 14.5 Å².